The average Bonchev–Trinajstić information content (AvgIpc) is 2.56. The fraction of sp³-hybridized carbons (Fsp3) is 0.455. The molecular weight excluding hydrogens is 256 g/mol. The van der Waals surface area contributed by atoms with Gasteiger partial charge in [0.15, 0.2) is 0 Å². The number of rotatable bonds is 3. The molecule has 1 aliphatic rings. The van der Waals surface area contributed by atoms with Gasteiger partial charge in [-0.05, 0) is 0 Å². The van der Waals surface area contributed by atoms with Crippen LogP contribution in [0.5, 0.6) is 0 Å². The number of hydrogen-bond donors (Lipinski definition) is 1. The monoisotopic (exact) mass is 268 g/mol. The van der Waals surface area contributed by atoms with E-state index in [4.69, 9.17) is 11.6 Å². The molecule has 0 spiro atoms. The largest absolute Gasteiger partial charge is 0.358 e. The van der Waals surface area contributed by atoms with Gasteiger partial charge in [0.1, 0.15) is 22.8 Å². The first-order chi connectivity index (χ1) is 8.51. The zero-order valence-electron chi connectivity index (χ0n) is 10.1. The molecule has 1 N–H and O–H groups in total. The lowest BCUT2D eigenvalue weighted by atomic mass is 10.2. The van der Waals surface area contributed by atoms with Gasteiger partial charge >= 0.3 is 0 Å². The summed E-state index contributed by atoms with van der Waals surface area (Å²) in [7, 11) is 1.47. The number of likely N-dealkylation sites (tertiary alicyclic amines) is 1. The van der Waals surface area contributed by atoms with Crippen LogP contribution in [0, 0.1) is 0 Å². The summed E-state index contributed by atoms with van der Waals surface area (Å²) in [5, 5.41) is 3.23. The Hall–Kier alpha value is -1.69. The molecule has 1 atom stereocenters. The van der Waals surface area contributed by atoms with Crippen LogP contribution in [0.2, 0.25) is 5.15 Å². The third kappa shape index (κ3) is 2.43. The van der Waals surface area contributed by atoms with Crippen LogP contribution < -0.4 is 5.32 Å². The minimum absolute atomic E-state index is 0.137. The van der Waals surface area contributed by atoms with Gasteiger partial charge < -0.3 is 5.32 Å². The molecule has 1 saturated heterocycles. The molecule has 96 valence electrons. The van der Waals surface area contributed by atoms with Crippen LogP contribution in [-0.4, -0.2) is 39.8 Å². The van der Waals surface area contributed by atoms with E-state index in [-0.39, 0.29) is 18.2 Å². The van der Waals surface area contributed by atoms with Gasteiger partial charge in [-0.15, -0.1) is 0 Å². The van der Waals surface area contributed by atoms with Crippen LogP contribution >= 0.6 is 11.6 Å². The Kier molecular flexibility index (Phi) is 3.47. The number of anilines is 1. The number of imide groups is 1. The summed E-state index contributed by atoms with van der Waals surface area (Å²) in [5.74, 6) is 0.601. The van der Waals surface area contributed by atoms with Crippen LogP contribution in [0.3, 0.4) is 0 Å². The third-order valence-corrected chi connectivity index (χ3v) is 2.95. The second-order valence-electron chi connectivity index (χ2n) is 4.04. The van der Waals surface area contributed by atoms with Crippen molar-refractivity contribution in [1.29, 1.82) is 0 Å². The Bertz CT molecular complexity index is 506. The maximum absolute atomic E-state index is 11.7. The van der Waals surface area contributed by atoms with Crippen LogP contribution in [0.4, 0.5) is 5.82 Å². The van der Waals surface area contributed by atoms with E-state index in [1.54, 1.807) is 0 Å². The minimum Gasteiger partial charge on any atom is -0.358 e. The van der Waals surface area contributed by atoms with Crippen LogP contribution in [-0.2, 0) is 16.0 Å². The van der Waals surface area contributed by atoms with Crippen molar-refractivity contribution in [3.63, 3.8) is 0 Å². The number of carbonyl (C=O) groups excluding carboxylic acids is 2. The zero-order valence-corrected chi connectivity index (χ0v) is 10.9. The van der Waals surface area contributed by atoms with E-state index in [0.717, 1.165) is 4.90 Å². The first-order valence-corrected chi connectivity index (χ1v) is 5.99. The summed E-state index contributed by atoms with van der Waals surface area (Å²) in [5.41, 5.74) is 0. The second-order valence-corrected chi connectivity index (χ2v) is 4.42. The van der Waals surface area contributed by atoms with Gasteiger partial charge in [0, 0.05) is 19.5 Å². The molecule has 1 fully saturated rings. The van der Waals surface area contributed by atoms with Gasteiger partial charge in [0.25, 0.3) is 5.91 Å². The Morgan fingerprint density at radius 1 is 1.50 bits per heavy atom. The highest BCUT2D eigenvalue weighted by molar-refractivity contribution is 6.29. The highest BCUT2D eigenvalue weighted by Gasteiger charge is 2.36. The average molecular weight is 269 g/mol. The molecule has 0 saturated carbocycles. The molecule has 0 bridgehead atoms. The smallest absolute Gasteiger partial charge is 0.251 e. The molecule has 6 nitrogen and oxygen atoms in total. The number of nitrogens with one attached hydrogen (secondary N) is 1. The van der Waals surface area contributed by atoms with Gasteiger partial charge in [-0.3, -0.25) is 14.5 Å². The van der Waals surface area contributed by atoms with Crippen molar-refractivity contribution in [2.24, 2.45) is 0 Å². The van der Waals surface area contributed by atoms with E-state index >= 15 is 0 Å². The van der Waals surface area contributed by atoms with Crippen molar-refractivity contribution in [2.45, 2.75) is 25.8 Å². The lowest BCUT2D eigenvalue weighted by Crippen LogP contribution is -2.32. The number of hydrogen-bond acceptors (Lipinski definition) is 5. The minimum atomic E-state index is -0.571. The van der Waals surface area contributed by atoms with E-state index in [1.807, 2.05) is 6.92 Å². The Morgan fingerprint density at radius 3 is 2.78 bits per heavy atom. The van der Waals surface area contributed by atoms with Gasteiger partial charge in [-0.2, -0.15) is 0 Å². The maximum atomic E-state index is 11.7. The summed E-state index contributed by atoms with van der Waals surface area (Å²) < 4.78 is 0. The molecule has 1 aliphatic heterocycles. The van der Waals surface area contributed by atoms with E-state index in [2.05, 4.69) is 15.3 Å². The number of amides is 2. The lowest BCUT2D eigenvalue weighted by Gasteiger charge is -2.12. The molecule has 2 amide bonds. The van der Waals surface area contributed by atoms with E-state index < -0.39 is 6.04 Å². The number of aryl methyl sites for hydroxylation is 1. The molecule has 0 aromatic carbocycles. The fourth-order valence-electron chi connectivity index (χ4n) is 1.74. The molecule has 7 heteroatoms. The number of nitrogens with zero attached hydrogens (tertiary/aromatic N) is 3. The molecular formula is C11H13ClN4O2. The van der Waals surface area contributed by atoms with Crippen molar-refractivity contribution in [3.8, 4) is 0 Å². The molecule has 2 heterocycles. The SMILES string of the molecule is CCc1nc(Cl)cc(NC2CC(=O)N(C)C2=O)n1. The number of halogens is 1. The molecule has 0 aliphatic carbocycles. The first kappa shape index (κ1) is 12.8. The Balaban J connectivity index is 2.17. The quantitative estimate of drug-likeness (QED) is 0.650. The molecule has 1 aromatic heterocycles. The summed E-state index contributed by atoms with van der Waals surface area (Å²) in [6, 6.07) is 0.967. The van der Waals surface area contributed by atoms with Gasteiger partial charge in [0.05, 0.1) is 6.42 Å². The van der Waals surface area contributed by atoms with Gasteiger partial charge in [-0.25, -0.2) is 9.97 Å². The van der Waals surface area contributed by atoms with Crippen LogP contribution in [0.25, 0.3) is 0 Å². The second kappa shape index (κ2) is 4.89. The maximum Gasteiger partial charge on any atom is 0.251 e. The normalized spacial score (nSPS) is 19.5. The topological polar surface area (TPSA) is 75.2 Å². The third-order valence-electron chi connectivity index (χ3n) is 2.76. The van der Waals surface area contributed by atoms with E-state index in [1.165, 1.54) is 13.1 Å². The highest BCUT2D eigenvalue weighted by atomic mass is 35.5. The predicted octanol–water partition coefficient (Wildman–Crippen LogP) is 0.862. The van der Waals surface area contributed by atoms with Crippen molar-refractivity contribution < 1.29 is 9.59 Å². The first-order valence-electron chi connectivity index (χ1n) is 5.61. The molecule has 0 radical (unpaired) electrons. The summed E-state index contributed by atoms with van der Waals surface area (Å²) in [4.78, 5) is 32.5. The van der Waals surface area contributed by atoms with Crippen molar-refractivity contribution >= 4 is 29.2 Å². The van der Waals surface area contributed by atoms with Crippen molar-refractivity contribution in [2.75, 3.05) is 12.4 Å². The fourth-order valence-corrected chi connectivity index (χ4v) is 1.94. The zero-order chi connectivity index (χ0) is 13.3. The standard InChI is InChI=1S/C11H13ClN4O2/c1-3-8-14-7(12)5-9(15-8)13-6-4-10(17)16(2)11(6)18/h5-6H,3-4H2,1-2H3,(H,13,14,15). The van der Waals surface area contributed by atoms with Gasteiger partial charge in [0.2, 0.25) is 5.91 Å². The van der Waals surface area contributed by atoms with E-state index in [9.17, 15) is 9.59 Å². The van der Waals surface area contributed by atoms with Gasteiger partial charge in [-0.1, -0.05) is 18.5 Å². The molecule has 18 heavy (non-hydrogen) atoms. The lowest BCUT2D eigenvalue weighted by molar-refractivity contribution is -0.136. The van der Waals surface area contributed by atoms with Crippen molar-refractivity contribution in [1.82, 2.24) is 14.9 Å². The summed E-state index contributed by atoms with van der Waals surface area (Å²) >= 11 is 5.85. The number of likely N-dealkylation sites (N-methyl/N-ethyl adjacent to an activating group) is 1. The summed E-state index contributed by atoms with van der Waals surface area (Å²) in [6.45, 7) is 1.91. The molecule has 1 unspecified atom stereocenters. The highest BCUT2D eigenvalue weighted by Crippen LogP contribution is 2.18. The predicted molar refractivity (Wildman–Crippen MR) is 66.2 cm³/mol. The summed E-state index contributed by atoms with van der Waals surface area (Å²) in [6.07, 6.45) is 0.783. The number of carbonyl (C=O) groups is 2. The van der Waals surface area contributed by atoms with Crippen LogP contribution in [0.1, 0.15) is 19.2 Å². The van der Waals surface area contributed by atoms with Crippen LogP contribution in [0.15, 0.2) is 6.07 Å². The van der Waals surface area contributed by atoms with Crippen molar-refractivity contribution in [3.05, 3.63) is 17.0 Å². The Morgan fingerprint density at radius 2 is 2.22 bits per heavy atom. The Labute approximate surface area is 109 Å². The number of aromatic nitrogens is 2. The molecule has 1 aromatic rings. The molecule has 2 rings (SSSR count). The van der Waals surface area contributed by atoms with E-state index in [0.29, 0.717) is 23.2 Å².